The minimum atomic E-state index is -0.135. The van der Waals surface area contributed by atoms with Crippen LogP contribution in [-0.2, 0) is 37.0 Å². The molecule has 0 saturated carbocycles. The normalized spacial score (nSPS) is 15.1. The molecule has 0 saturated heterocycles. The number of thioether (sulfide) groups is 1. The number of nitriles is 1. The lowest BCUT2D eigenvalue weighted by molar-refractivity contribution is -0.113. The van der Waals surface area contributed by atoms with Crippen molar-refractivity contribution >= 4 is 34.0 Å². The van der Waals surface area contributed by atoms with E-state index in [4.69, 9.17) is 0 Å². The van der Waals surface area contributed by atoms with E-state index in [1.807, 2.05) is 28.8 Å². The molecule has 0 radical (unpaired) electrons. The SMILES string of the molecule is C=CCn1c(CCc2ccccc2)nnc1SCC(=O)Nc1sc2c(c1C#N)CCC(C(C)(C)CC)C2. The van der Waals surface area contributed by atoms with Gasteiger partial charge in [0, 0.05) is 17.8 Å². The topological polar surface area (TPSA) is 83.6 Å². The highest BCUT2D eigenvalue weighted by Gasteiger charge is 2.34. The number of allylic oxidation sites excluding steroid dienone is 1. The molecule has 0 aliphatic heterocycles. The van der Waals surface area contributed by atoms with Gasteiger partial charge < -0.3 is 9.88 Å². The number of hydrogen-bond donors (Lipinski definition) is 1. The monoisotopic (exact) mass is 533 g/mol. The second-order valence-corrected chi connectivity index (χ2v) is 12.3. The Balaban J connectivity index is 1.40. The first-order valence-electron chi connectivity index (χ1n) is 12.9. The van der Waals surface area contributed by atoms with Crippen LogP contribution in [0.4, 0.5) is 5.00 Å². The summed E-state index contributed by atoms with van der Waals surface area (Å²) in [5, 5.41) is 23.0. The fourth-order valence-corrected chi connectivity index (χ4v) is 6.93. The van der Waals surface area contributed by atoms with Gasteiger partial charge in [0.05, 0.1) is 11.3 Å². The van der Waals surface area contributed by atoms with E-state index in [0.717, 1.165) is 49.9 Å². The van der Waals surface area contributed by atoms with Gasteiger partial charge in [0.1, 0.15) is 16.9 Å². The first-order chi connectivity index (χ1) is 17.9. The molecule has 8 heteroatoms. The highest BCUT2D eigenvalue weighted by Crippen LogP contribution is 2.45. The summed E-state index contributed by atoms with van der Waals surface area (Å²) in [5.74, 6) is 1.55. The third-order valence-corrected chi connectivity index (χ3v) is 9.70. The minimum Gasteiger partial charge on any atom is -0.316 e. The molecule has 1 aromatic carbocycles. The van der Waals surface area contributed by atoms with Gasteiger partial charge in [-0.05, 0) is 48.1 Å². The maximum absolute atomic E-state index is 12.9. The molecule has 194 valence electrons. The van der Waals surface area contributed by atoms with Crippen LogP contribution in [0, 0.1) is 22.7 Å². The number of nitrogens with one attached hydrogen (secondary N) is 1. The number of hydrogen-bond acceptors (Lipinski definition) is 6. The van der Waals surface area contributed by atoms with Gasteiger partial charge in [-0.2, -0.15) is 5.26 Å². The van der Waals surface area contributed by atoms with Crippen LogP contribution in [0.3, 0.4) is 0 Å². The zero-order valence-corrected chi connectivity index (χ0v) is 23.6. The number of aromatic nitrogens is 3. The predicted octanol–water partition coefficient (Wildman–Crippen LogP) is 6.45. The van der Waals surface area contributed by atoms with E-state index in [1.54, 1.807) is 11.3 Å². The van der Waals surface area contributed by atoms with Crippen LogP contribution in [0.1, 0.15) is 61.0 Å². The van der Waals surface area contributed by atoms with Crippen LogP contribution < -0.4 is 5.32 Å². The highest BCUT2D eigenvalue weighted by atomic mass is 32.2. The molecule has 1 unspecified atom stereocenters. The zero-order chi connectivity index (χ0) is 26.4. The fourth-order valence-electron chi connectivity index (χ4n) is 4.86. The Morgan fingerprint density at radius 1 is 1.32 bits per heavy atom. The molecule has 2 heterocycles. The Hall–Kier alpha value is -2.89. The second kappa shape index (κ2) is 12.1. The van der Waals surface area contributed by atoms with Gasteiger partial charge in [-0.25, -0.2) is 0 Å². The summed E-state index contributed by atoms with van der Waals surface area (Å²) >= 11 is 2.94. The number of carbonyl (C=O) groups excluding carboxylic acids is 1. The molecule has 3 aromatic rings. The van der Waals surface area contributed by atoms with E-state index in [-0.39, 0.29) is 17.1 Å². The van der Waals surface area contributed by atoms with Crippen LogP contribution in [-0.4, -0.2) is 26.4 Å². The molecule has 0 fully saturated rings. The summed E-state index contributed by atoms with van der Waals surface area (Å²) in [6, 6.07) is 12.7. The van der Waals surface area contributed by atoms with Crippen molar-refractivity contribution in [2.45, 2.75) is 71.0 Å². The zero-order valence-electron chi connectivity index (χ0n) is 21.9. The Bertz CT molecular complexity index is 1290. The van der Waals surface area contributed by atoms with Gasteiger partial charge in [-0.3, -0.25) is 4.79 Å². The van der Waals surface area contributed by atoms with Gasteiger partial charge >= 0.3 is 0 Å². The molecular formula is C29H35N5OS2. The summed E-state index contributed by atoms with van der Waals surface area (Å²) in [7, 11) is 0. The van der Waals surface area contributed by atoms with Gasteiger partial charge in [0.15, 0.2) is 5.16 Å². The number of nitrogens with zero attached hydrogens (tertiary/aromatic N) is 4. The van der Waals surface area contributed by atoms with Crippen molar-refractivity contribution in [1.82, 2.24) is 14.8 Å². The van der Waals surface area contributed by atoms with Crippen molar-refractivity contribution in [2.24, 2.45) is 11.3 Å². The Labute approximate surface area is 228 Å². The number of benzene rings is 1. The number of amides is 1. The molecule has 2 aromatic heterocycles. The maximum Gasteiger partial charge on any atom is 0.235 e. The quantitative estimate of drug-likeness (QED) is 0.226. The van der Waals surface area contributed by atoms with Crippen LogP contribution in [0.5, 0.6) is 0 Å². The average molecular weight is 534 g/mol. The van der Waals surface area contributed by atoms with Crippen LogP contribution in [0.25, 0.3) is 0 Å². The van der Waals surface area contributed by atoms with Crippen molar-refractivity contribution in [2.75, 3.05) is 11.1 Å². The largest absolute Gasteiger partial charge is 0.316 e. The van der Waals surface area contributed by atoms with E-state index >= 15 is 0 Å². The summed E-state index contributed by atoms with van der Waals surface area (Å²) in [6.07, 6.45) is 7.57. The number of carbonyl (C=O) groups is 1. The Morgan fingerprint density at radius 3 is 2.81 bits per heavy atom. The van der Waals surface area contributed by atoms with E-state index in [0.29, 0.717) is 28.2 Å². The Morgan fingerprint density at radius 2 is 2.11 bits per heavy atom. The molecule has 1 aliphatic carbocycles. The van der Waals surface area contributed by atoms with E-state index in [9.17, 15) is 10.1 Å². The standard InChI is InChI=1S/C29H35N5OS2/c1-5-16-34-25(15-12-20-10-8-7-9-11-20)32-33-28(34)36-19-26(35)31-27-23(18-30)22-14-13-21(17-24(22)37-27)29(3,4)6-2/h5,7-11,21H,1,6,12-17,19H2,2-4H3,(H,31,35). The molecule has 1 N–H and O–H groups in total. The lowest BCUT2D eigenvalue weighted by Gasteiger charge is -2.36. The van der Waals surface area contributed by atoms with Crippen molar-refractivity contribution in [3.05, 3.63) is 70.4 Å². The van der Waals surface area contributed by atoms with E-state index < -0.39 is 0 Å². The summed E-state index contributed by atoms with van der Waals surface area (Å²) in [4.78, 5) is 14.2. The third kappa shape index (κ3) is 6.34. The molecule has 1 aliphatic rings. The van der Waals surface area contributed by atoms with Gasteiger partial charge in [0.2, 0.25) is 5.91 Å². The van der Waals surface area contributed by atoms with Crippen LogP contribution in [0.2, 0.25) is 0 Å². The minimum absolute atomic E-state index is 0.135. The van der Waals surface area contributed by atoms with Gasteiger partial charge in [-0.15, -0.1) is 28.1 Å². The van der Waals surface area contributed by atoms with Crippen LogP contribution >= 0.6 is 23.1 Å². The molecule has 1 amide bonds. The first-order valence-corrected chi connectivity index (χ1v) is 14.7. The summed E-state index contributed by atoms with van der Waals surface area (Å²) < 4.78 is 2.02. The fraction of sp³-hybridized carbons (Fsp3) is 0.448. The number of anilines is 1. The smallest absolute Gasteiger partial charge is 0.235 e. The van der Waals surface area contributed by atoms with Crippen LogP contribution in [0.15, 0.2) is 48.1 Å². The van der Waals surface area contributed by atoms with E-state index in [2.05, 4.69) is 61.1 Å². The number of fused-ring (bicyclic) bond motifs is 1. The number of aryl methyl sites for hydroxylation is 2. The average Bonchev–Trinajstić information content (AvgIpc) is 3.46. The molecule has 37 heavy (non-hydrogen) atoms. The molecule has 4 rings (SSSR count). The van der Waals surface area contributed by atoms with Crippen molar-refractivity contribution in [3.63, 3.8) is 0 Å². The number of rotatable bonds is 11. The first kappa shape index (κ1) is 27.2. The lowest BCUT2D eigenvalue weighted by atomic mass is 9.69. The predicted molar refractivity (Wildman–Crippen MR) is 152 cm³/mol. The molecule has 1 atom stereocenters. The van der Waals surface area contributed by atoms with E-state index in [1.165, 1.54) is 22.2 Å². The third-order valence-electron chi connectivity index (χ3n) is 7.56. The molecule has 0 spiro atoms. The highest BCUT2D eigenvalue weighted by molar-refractivity contribution is 7.99. The Kier molecular flexibility index (Phi) is 8.88. The van der Waals surface area contributed by atoms with Crippen molar-refractivity contribution in [3.8, 4) is 6.07 Å². The summed E-state index contributed by atoms with van der Waals surface area (Å²) in [6.45, 7) is 11.4. The summed E-state index contributed by atoms with van der Waals surface area (Å²) in [5.41, 5.74) is 3.30. The van der Waals surface area contributed by atoms with Gasteiger partial charge in [0.25, 0.3) is 0 Å². The lowest BCUT2D eigenvalue weighted by Crippen LogP contribution is -2.28. The van der Waals surface area contributed by atoms with Crippen molar-refractivity contribution < 1.29 is 4.79 Å². The molecular weight excluding hydrogens is 498 g/mol. The molecule has 0 bridgehead atoms. The maximum atomic E-state index is 12.9. The van der Waals surface area contributed by atoms with Crippen molar-refractivity contribution in [1.29, 1.82) is 5.26 Å². The molecule has 6 nitrogen and oxygen atoms in total. The number of thiophene rings is 1. The second-order valence-electron chi connectivity index (χ2n) is 10.2. The van der Waals surface area contributed by atoms with Gasteiger partial charge in [-0.1, -0.05) is 75.4 Å².